The van der Waals surface area contributed by atoms with Crippen LogP contribution in [0.15, 0.2) is 77.7 Å². The van der Waals surface area contributed by atoms with Gasteiger partial charge in [0, 0.05) is 24.2 Å². The molecule has 3 rings (SSSR count). The number of rotatable bonds is 13. The number of sulfonamides is 1. The maximum absolute atomic E-state index is 14.7. The first-order valence-electron chi connectivity index (χ1n) is 13.2. The van der Waals surface area contributed by atoms with Gasteiger partial charge in [-0.25, -0.2) is 12.8 Å². The summed E-state index contributed by atoms with van der Waals surface area (Å²) in [5.41, 5.74) is 0.243. The van der Waals surface area contributed by atoms with Crippen molar-refractivity contribution < 1.29 is 31.9 Å². The lowest BCUT2D eigenvalue weighted by Gasteiger charge is -2.33. The van der Waals surface area contributed by atoms with Crippen molar-refractivity contribution in [3.63, 3.8) is 0 Å². The van der Waals surface area contributed by atoms with Crippen molar-refractivity contribution in [2.75, 3.05) is 25.1 Å². The molecule has 2 atom stereocenters. The molecule has 3 aromatic carbocycles. The number of benzene rings is 3. The molecule has 0 aliphatic heterocycles. The number of nitrogens with one attached hydrogen (secondary N) is 1. The van der Waals surface area contributed by atoms with Gasteiger partial charge in [-0.05, 0) is 50.6 Å². The lowest BCUT2D eigenvalue weighted by Crippen LogP contribution is -2.52. The van der Waals surface area contributed by atoms with Crippen molar-refractivity contribution in [1.29, 1.82) is 0 Å². The fraction of sp³-hybridized carbons (Fsp3) is 0.333. The van der Waals surface area contributed by atoms with Crippen molar-refractivity contribution in [3.05, 3.63) is 84.2 Å². The van der Waals surface area contributed by atoms with Crippen LogP contribution in [0.25, 0.3) is 0 Å². The van der Waals surface area contributed by atoms with Gasteiger partial charge in [0.05, 0.1) is 24.8 Å². The predicted octanol–water partition coefficient (Wildman–Crippen LogP) is 4.37. The zero-order chi connectivity index (χ0) is 30.2. The minimum absolute atomic E-state index is 0.0547. The second kappa shape index (κ2) is 14.0. The van der Waals surface area contributed by atoms with Crippen LogP contribution in [0.3, 0.4) is 0 Å². The van der Waals surface area contributed by atoms with Crippen molar-refractivity contribution in [1.82, 2.24) is 10.2 Å². The summed E-state index contributed by atoms with van der Waals surface area (Å²) in [6.45, 7) is 4.31. The molecular formula is C30H36FN3O6S. The van der Waals surface area contributed by atoms with E-state index in [0.29, 0.717) is 12.2 Å². The molecule has 1 N–H and O–H groups in total. The van der Waals surface area contributed by atoms with Gasteiger partial charge < -0.3 is 19.7 Å². The number of halogens is 1. The normalized spacial score (nSPS) is 12.6. The summed E-state index contributed by atoms with van der Waals surface area (Å²) in [6.07, 6.45) is 0.665. The highest BCUT2D eigenvalue weighted by molar-refractivity contribution is 7.92. The SMILES string of the molecule is CCC(C)NC(=O)C(C)N(Cc1ccccc1F)C(=O)CN(c1cc(OC)ccc1OC)S(=O)(=O)c1ccccc1. The smallest absolute Gasteiger partial charge is 0.264 e. The molecule has 11 heteroatoms. The summed E-state index contributed by atoms with van der Waals surface area (Å²) in [5, 5.41) is 2.84. The van der Waals surface area contributed by atoms with Gasteiger partial charge in [0.1, 0.15) is 29.9 Å². The molecule has 0 saturated heterocycles. The summed E-state index contributed by atoms with van der Waals surface area (Å²) in [6, 6.07) is 17.0. The number of methoxy groups -OCH3 is 2. The molecule has 9 nitrogen and oxygen atoms in total. The van der Waals surface area contributed by atoms with E-state index >= 15 is 0 Å². The summed E-state index contributed by atoms with van der Waals surface area (Å²) in [4.78, 5) is 28.3. The van der Waals surface area contributed by atoms with Gasteiger partial charge in [-0.3, -0.25) is 13.9 Å². The Morgan fingerprint density at radius 1 is 0.951 bits per heavy atom. The molecule has 41 heavy (non-hydrogen) atoms. The molecule has 2 unspecified atom stereocenters. The Morgan fingerprint density at radius 2 is 1.61 bits per heavy atom. The third-order valence-electron chi connectivity index (χ3n) is 6.73. The first-order valence-corrected chi connectivity index (χ1v) is 14.6. The van der Waals surface area contributed by atoms with Gasteiger partial charge in [-0.15, -0.1) is 0 Å². The van der Waals surface area contributed by atoms with Crippen LogP contribution >= 0.6 is 0 Å². The summed E-state index contributed by atoms with van der Waals surface area (Å²) in [7, 11) is -1.50. The number of hydrogen-bond donors (Lipinski definition) is 1. The van der Waals surface area contributed by atoms with Gasteiger partial charge >= 0.3 is 0 Å². The van der Waals surface area contributed by atoms with Gasteiger partial charge in [-0.2, -0.15) is 0 Å². The monoisotopic (exact) mass is 585 g/mol. The fourth-order valence-corrected chi connectivity index (χ4v) is 5.52. The molecule has 0 aliphatic rings. The van der Waals surface area contributed by atoms with E-state index in [4.69, 9.17) is 9.47 Å². The van der Waals surface area contributed by atoms with Crippen LogP contribution in [0, 0.1) is 5.82 Å². The lowest BCUT2D eigenvalue weighted by molar-refractivity contribution is -0.139. The zero-order valence-corrected chi connectivity index (χ0v) is 24.7. The lowest BCUT2D eigenvalue weighted by atomic mass is 10.1. The molecule has 0 aromatic heterocycles. The maximum Gasteiger partial charge on any atom is 0.264 e. The highest BCUT2D eigenvalue weighted by Crippen LogP contribution is 2.36. The number of ether oxygens (including phenoxy) is 2. The van der Waals surface area contributed by atoms with Crippen LogP contribution in [-0.4, -0.2) is 58.0 Å². The Kier molecular flexibility index (Phi) is 10.7. The van der Waals surface area contributed by atoms with Gasteiger partial charge in [0.25, 0.3) is 10.0 Å². The van der Waals surface area contributed by atoms with E-state index in [1.54, 1.807) is 30.3 Å². The van der Waals surface area contributed by atoms with E-state index < -0.39 is 40.2 Å². The Bertz CT molecular complexity index is 1450. The summed E-state index contributed by atoms with van der Waals surface area (Å²) >= 11 is 0. The van der Waals surface area contributed by atoms with Gasteiger partial charge in [-0.1, -0.05) is 43.3 Å². The second-order valence-electron chi connectivity index (χ2n) is 9.47. The Balaban J connectivity index is 2.11. The minimum Gasteiger partial charge on any atom is -0.497 e. The molecule has 0 fully saturated rings. The quantitative estimate of drug-likeness (QED) is 0.320. The fourth-order valence-electron chi connectivity index (χ4n) is 4.08. The predicted molar refractivity (Wildman–Crippen MR) is 155 cm³/mol. The number of carbonyl (C=O) groups excluding carboxylic acids is 2. The number of hydrogen-bond acceptors (Lipinski definition) is 6. The topological polar surface area (TPSA) is 105 Å². The van der Waals surface area contributed by atoms with E-state index in [1.165, 1.54) is 68.5 Å². The third-order valence-corrected chi connectivity index (χ3v) is 8.51. The van der Waals surface area contributed by atoms with E-state index in [0.717, 1.165) is 4.31 Å². The Hall–Kier alpha value is -4.12. The van der Waals surface area contributed by atoms with Crippen LogP contribution in [0.1, 0.15) is 32.8 Å². The molecule has 3 aromatic rings. The summed E-state index contributed by atoms with van der Waals surface area (Å²) in [5.74, 6) is -1.19. The number of carbonyl (C=O) groups is 2. The van der Waals surface area contributed by atoms with Crippen LogP contribution in [-0.2, 0) is 26.2 Å². The highest BCUT2D eigenvalue weighted by atomic mass is 32.2. The molecule has 0 saturated carbocycles. The zero-order valence-electron chi connectivity index (χ0n) is 23.8. The molecule has 0 spiro atoms. The van der Waals surface area contributed by atoms with E-state index in [-0.39, 0.29) is 34.5 Å². The van der Waals surface area contributed by atoms with Gasteiger partial charge in [0.2, 0.25) is 11.8 Å². The molecular weight excluding hydrogens is 549 g/mol. The second-order valence-corrected chi connectivity index (χ2v) is 11.3. The average Bonchev–Trinajstić information content (AvgIpc) is 2.98. The standard InChI is InChI=1S/C30H36FN3O6S/c1-6-21(2)32-30(36)22(3)33(19-23-12-10-11-15-26(23)31)29(35)20-34(41(37,38)25-13-8-7-9-14-25)27-18-24(39-4)16-17-28(27)40-5/h7-18,21-22H,6,19-20H2,1-5H3,(H,32,36). The molecule has 0 aliphatic carbocycles. The number of amides is 2. The summed E-state index contributed by atoms with van der Waals surface area (Å²) < 4.78 is 54.3. The third kappa shape index (κ3) is 7.55. The maximum atomic E-state index is 14.7. The average molecular weight is 586 g/mol. The van der Waals surface area contributed by atoms with Crippen LogP contribution in [0.4, 0.5) is 10.1 Å². The number of nitrogens with zero attached hydrogens (tertiary/aromatic N) is 2. The molecule has 0 heterocycles. The van der Waals surface area contributed by atoms with Gasteiger partial charge in [0.15, 0.2) is 0 Å². The molecule has 220 valence electrons. The van der Waals surface area contributed by atoms with E-state index in [1.807, 2.05) is 13.8 Å². The molecule has 0 bridgehead atoms. The first-order chi connectivity index (χ1) is 19.5. The van der Waals surface area contributed by atoms with Crippen LogP contribution in [0.2, 0.25) is 0 Å². The van der Waals surface area contributed by atoms with Crippen LogP contribution < -0.4 is 19.1 Å². The largest absolute Gasteiger partial charge is 0.497 e. The van der Waals surface area contributed by atoms with E-state index in [2.05, 4.69) is 5.32 Å². The van der Waals surface area contributed by atoms with Crippen molar-refractivity contribution in [2.24, 2.45) is 0 Å². The van der Waals surface area contributed by atoms with Crippen LogP contribution in [0.5, 0.6) is 11.5 Å². The van der Waals surface area contributed by atoms with Crippen molar-refractivity contribution >= 4 is 27.5 Å². The Morgan fingerprint density at radius 3 is 2.22 bits per heavy atom. The highest BCUT2D eigenvalue weighted by Gasteiger charge is 2.34. The van der Waals surface area contributed by atoms with Crippen molar-refractivity contribution in [3.8, 4) is 11.5 Å². The van der Waals surface area contributed by atoms with E-state index in [9.17, 15) is 22.4 Å². The number of anilines is 1. The molecule has 0 radical (unpaired) electrons. The minimum atomic E-state index is -4.31. The van der Waals surface area contributed by atoms with Crippen molar-refractivity contribution in [2.45, 2.75) is 50.7 Å². The molecule has 2 amide bonds. The Labute approximate surface area is 240 Å². The first kappa shape index (κ1) is 31.4.